The molecule has 1 aliphatic rings. The average molecular weight is 423 g/mol. The number of aryl methyl sites for hydroxylation is 1. The van der Waals surface area contributed by atoms with E-state index in [2.05, 4.69) is 41.2 Å². The maximum Gasteiger partial charge on any atom is 0.137 e. The second-order valence-electron chi connectivity index (χ2n) is 7.42. The van der Waals surface area contributed by atoms with Gasteiger partial charge in [-0.3, -0.25) is 0 Å². The van der Waals surface area contributed by atoms with Gasteiger partial charge in [-0.15, -0.1) is 0 Å². The van der Waals surface area contributed by atoms with Crippen molar-refractivity contribution >= 4 is 23.1 Å². The number of rotatable bonds is 6. The lowest BCUT2D eigenvalue weighted by molar-refractivity contribution is 0.483. The molecule has 0 saturated carbocycles. The van der Waals surface area contributed by atoms with Crippen LogP contribution in [0.2, 0.25) is 5.02 Å². The van der Waals surface area contributed by atoms with Crippen LogP contribution in [0.4, 0.5) is 11.5 Å². The maximum absolute atomic E-state index is 5.93. The van der Waals surface area contributed by atoms with Gasteiger partial charge in [0.15, 0.2) is 0 Å². The van der Waals surface area contributed by atoms with Gasteiger partial charge >= 0.3 is 0 Å². The van der Waals surface area contributed by atoms with Crippen molar-refractivity contribution < 1.29 is 4.74 Å². The highest BCUT2D eigenvalue weighted by Gasteiger charge is 2.24. The number of fused-ring (bicyclic) bond motifs is 1. The predicted molar refractivity (Wildman–Crippen MR) is 123 cm³/mol. The van der Waals surface area contributed by atoms with E-state index < -0.39 is 0 Å². The summed E-state index contributed by atoms with van der Waals surface area (Å²) >= 11 is 5.93. The molecule has 0 spiro atoms. The second kappa shape index (κ2) is 9.35. The molecule has 1 aromatic heterocycles. The molecule has 2 aromatic carbocycles. The van der Waals surface area contributed by atoms with E-state index in [4.69, 9.17) is 21.3 Å². The summed E-state index contributed by atoms with van der Waals surface area (Å²) in [5, 5.41) is 4.37. The minimum atomic E-state index is 0.186. The zero-order valence-corrected chi connectivity index (χ0v) is 18.2. The van der Waals surface area contributed by atoms with E-state index in [0.29, 0.717) is 5.02 Å². The van der Waals surface area contributed by atoms with Gasteiger partial charge in [0.05, 0.1) is 6.04 Å². The van der Waals surface area contributed by atoms with Crippen LogP contribution in [0, 0.1) is 0 Å². The monoisotopic (exact) mass is 422 g/mol. The number of nitrogens with zero attached hydrogens (tertiary/aromatic N) is 3. The fourth-order valence-electron chi connectivity index (χ4n) is 3.75. The van der Waals surface area contributed by atoms with Crippen molar-refractivity contribution in [3.63, 3.8) is 0 Å². The quantitative estimate of drug-likeness (QED) is 0.508. The average Bonchev–Trinajstić information content (AvgIpc) is 2.95. The molecule has 0 amide bonds. The molecule has 0 aliphatic carbocycles. The Labute approximate surface area is 183 Å². The molecule has 0 bridgehead atoms. The van der Waals surface area contributed by atoms with Crippen molar-refractivity contribution in [1.82, 2.24) is 9.97 Å². The number of nitrogens with one attached hydrogen (secondary N) is 1. The first-order valence-corrected chi connectivity index (χ1v) is 10.9. The molecular weight excluding hydrogens is 396 g/mol. The van der Waals surface area contributed by atoms with Crippen LogP contribution in [0.3, 0.4) is 0 Å². The molecule has 6 heteroatoms. The van der Waals surface area contributed by atoms with Gasteiger partial charge in [0.1, 0.15) is 23.1 Å². The molecule has 1 aliphatic heterocycles. The Kier molecular flexibility index (Phi) is 6.38. The molecule has 0 saturated heterocycles. The largest absolute Gasteiger partial charge is 0.457 e. The third kappa shape index (κ3) is 4.68. The van der Waals surface area contributed by atoms with Crippen LogP contribution in [0.1, 0.15) is 44.1 Å². The molecule has 156 valence electrons. The number of benzene rings is 2. The summed E-state index contributed by atoms with van der Waals surface area (Å²) < 4.78 is 5.90. The first-order chi connectivity index (χ1) is 14.7. The lowest BCUT2D eigenvalue weighted by Gasteiger charge is -2.24. The van der Waals surface area contributed by atoms with Gasteiger partial charge in [-0.25, -0.2) is 9.97 Å². The maximum atomic E-state index is 5.93. The number of hydrogen-bond donors (Lipinski definition) is 1. The lowest BCUT2D eigenvalue weighted by atomic mass is 10.0. The van der Waals surface area contributed by atoms with Crippen molar-refractivity contribution in [2.24, 2.45) is 0 Å². The Morgan fingerprint density at radius 1 is 1.07 bits per heavy atom. The fraction of sp³-hybridized carbons (Fsp3) is 0.333. The first-order valence-electron chi connectivity index (χ1n) is 10.6. The topological polar surface area (TPSA) is 50.3 Å². The summed E-state index contributed by atoms with van der Waals surface area (Å²) in [6.45, 7) is 6.26. The Balaban J connectivity index is 1.51. The van der Waals surface area contributed by atoms with E-state index >= 15 is 0 Å². The van der Waals surface area contributed by atoms with Crippen molar-refractivity contribution in [1.29, 1.82) is 0 Å². The highest BCUT2D eigenvalue weighted by atomic mass is 35.5. The number of hydrogen-bond acceptors (Lipinski definition) is 5. The molecule has 0 radical (unpaired) electrons. The summed E-state index contributed by atoms with van der Waals surface area (Å²) in [5.74, 6) is 3.53. The highest BCUT2D eigenvalue weighted by Crippen LogP contribution is 2.34. The van der Waals surface area contributed by atoms with Crippen molar-refractivity contribution in [3.8, 4) is 11.5 Å². The number of ether oxygens (including phenoxy) is 1. The zero-order chi connectivity index (χ0) is 20.9. The molecular formula is C24H27ClN4O. The van der Waals surface area contributed by atoms with Crippen molar-refractivity contribution in [2.75, 3.05) is 23.3 Å². The highest BCUT2D eigenvalue weighted by molar-refractivity contribution is 6.30. The standard InChI is InChI=1S/C24H27ClN4O/c1-3-23-26-16-21-22(6-5-15-29(4-2)24(21)28-23)27-18-9-13-20(14-10-18)30-19-11-7-17(25)8-12-19/h7-14,16,22,27H,3-6,15H2,1-2H3. The predicted octanol–water partition coefficient (Wildman–Crippen LogP) is 6.26. The van der Waals surface area contributed by atoms with Gasteiger partial charge in [0.25, 0.3) is 0 Å². The van der Waals surface area contributed by atoms with Crippen LogP contribution in [0.25, 0.3) is 0 Å². The minimum absolute atomic E-state index is 0.186. The molecule has 1 N–H and O–H groups in total. The third-order valence-corrected chi connectivity index (χ3v) is 5.64. The summed E-state index contributed by atoms with van der Waals surface area (Å²) in [7, 11) is 0. The normalized spacial score (nSPS) is 16.0. The summed E-state index contributed by atoms with van der Waals surface area (Å²) in [5.41, 5.74) is 2.23. The molecule has 2 heterocycles. The molecule has 1 unspecified atom stereocenters. The molecule has 3 aromatic rings. The van der Waals surface area contributed by atoms with E-state index in [1.54, 1.807) is 0 Å². The molecule has 30 heavy (non-hydrogen) atoms. The first kappa shape index (κ1) is 20.5. The SMILES string of the molecule is CCc1ncc2c(n1)N(CC)CCCC2Nc1ccc(Oc2ccc(Cl)cc2)cc1. The van der Waals surface area contributed by atoms with Crippen LogP contribution in [0.15, 0.2) is 54.7 Å². The Bertz CT molecular complexity index is 976. The van der Waals surface area contributed by atoms with Crippen LogP contribution in [0.5, 0.6) is 11.5 Å². The second-order valence-corrected chi connectivity index (χ2v) is 7.85. The smallest absolute Gasteiger partial charge is 0.137 e. The fourth-order valence-corrected chi connectivity index (χ4v) is 3.88. The van der Waals surface area contributed by atoms with Gasteiger partial charge in [0, 0.05) is 42.0 Å². The van der Waals surface area contributed by atoms with E-state index in [1.807, 2.05) is 42.6 Å². The summed E-state index contributed by atoms with van der Waals surface area (Å²) in [6, 6.07) is 15.6. The summed E-state index contributed by atoms with van der Waals surface area (Å²) in [4.78, 5) is 11.8. The minimum Gasteiger partial charge on any atom is -0.457 e. The Morgan fingerprint density at radius 3 is 2.43 bits per heavy atom. The van der Waals surface area contributed by atoms with Gasteiger partial charge in [-0.05, 0) is 68.3 Å². The Morgan fingerprint density at radius 2 is 1.77 bits per heavy atom. The third-order valence-electron chi connectivity index (χ3n) is 5.38. The number of aromatic nitrogens is 2. The van der Waals surface area contributed by atoms with Gasteiger partial charge in [-0.2, -0.15) is 0 Å². The van der Waals surface area contributed by atoms with Gasteiger partial charge in [0.2, 0.25) is 0 Å². The lowest BCUT2D eigenvalue weighted by Crippen LogP contribution is -2.25. The van der Waals surface area contributed by atoms with Crippen LogP contribution in [-0.2, 0) is 6.42 Å². The van der Waals surface area contributed by atoms with Gasteiger partial charge < -0.3 is 15.0 Å². The molecule has 0 fully saturated rings. The molecule has 4 rings (SSSR count). The summed E-state index contributed by atoms with van der Waals surface area (Å²) in [6.07, 6.45) is 5.01. The zero-order valence-electron chi connectivity index (χ0n) is 17.4. The van der Waals surface area contributed by atoms with Crippen LogP contribution in [-0.4, -0.2) is 23.1 Å². The molecule has 1 atom stereocenters. The number of halogens is 1. The molecule has 5 nitrogen and oxygen atoms in total. The van der Waals surface area contributed by atoms with Crippen LogP contribution >= 0.6 is 11.6 Å². The van der Waals surface area contributed by atoms with E-state index in [-0.39, 0.29) is 6.04 Å². The van der Waals surface area contributed by atoms with Gasteiger partial charge in [-0.1, -0.05) is 18.5 Å². The van der Waals surface area contributed by atoms with Crippen molar-refractivity contribution in [2.45, 2.75) is 39.2 Å². The van der Waals surface area contributed by atoms with E-state index in [0.717, 1.165) is 61.2 Å². The van der Waals surface area contributed by atoms with Crippen molar-refractivity contribution in [3.05, 3.63) is 71.1 Å². The van der Waals surface area contributed by atoms with Crippen LogP contribution < -0.4 is 15.0 Å². The van der Waals surface area contributed by atoms with E-state index in [1.165, 1.54) is 5.56 Å². The Hall–Kier alpha value is -2.79. The van der Waals surface area contributed by atoms with E-state index in [9.17, 15) is 0 Å². The number of anilines is 2.